The van der Waals surface area contributed by atoms with E-state index in [1.807, 2.05) is 117 Å². The molecular formula is C43H59NO5. The molecule has 0 saturated heterocycles. The van der Waals surface area contributed by atoms with E-state index in [0.29, 0.717) is 6.42 Å². The number of carboxylic acid groups (broad SMARTS) is 1. The highest BCUT2D eigenvalue weighted by atomic mass is 16.4. The molecule has 0 spiro atoms. The quantitative estimate of drug-likeness (QED) is 0.0347. The number of carbonyl (C=O) groups is 1. The van der Waals surface area contributed by atoms with Crippen molar-refractivity contribution in [1.29, 1.82) is 0 Å². The summed E-state index contributed by atoms with van der Waals surface area (Å²) >= 11 is 0. The largest absolute Gasteiger partial charge is 0.478 e. The van der Waals surface area contributed by atoms with Crippen LogP contribution >= 0.6 is 0 Å². The predicted octanol–water partition coefficient (Wildman–Crippen LogP) is 8.36. The minimum atomic E-state index is -0.926. The van der Waals surface area contributed by atoms with Gasteiger partial charge in [-0.1, -0.05) is 167 Å². The van der Waals surface area contributed by atoms with E-state index in [1.165, 1.54) is 5.56 Å². The van der Waals surface area contributed by atoms with Crippen LogP contribution in [0.1, 0.15) is 59.4 Å². The summed E-state index contributed by atoms with van der Waals surface area (Å²) in [5.74, 6) is -1.22. The second-order valence-electron chi connectivity index (χ2n) is 12.3. The number of unbranched alkanes of at least 4 members (excludes halogenated alkanes) is 1. The Balaban J connectivity index is 2.30. The van der Waals surface area contributed by atoms with Gasteiger partial charge in [0.1, 0.15) is 0 Å². The van der Waals surface area contributed by atoms with Gasteiger partial charge in [0.25, 0.3) is 0 Å². The van der Waals surface area contributed by atoms with Crippen molar-refractivity contribution < 1.29 is 25.2 Å². The first-order valence-corrected chi connectivity index (χ1v) is 17.3. The van der Waals surface area contributed by atoms with Gasteiger partial charge in [0.2, 0.25) is 0 Å². The van der Waals surface area contributed by atoms with Crippen molar-refractivity contribution in [2.24, 2.45) is 17.8 Å². The highest BCUT2D eigenvalue weighted by Gasteiger charge is 2.24. The molecule has 0 aromatic heterocycles. The highest BCUT2D eigenvalue weighted by Crippen LogP contribution is 2.19. The van der Waals surface area contributed by atoms with E-state index >= 15 is 0 Å². The molecule has 1 aromatic rings. The molecule has 6 heteroatoms. The van der Waals surface area contributed by atoms with Gasteiger partial charge in [0.15, 0.2) is 0 Å². The van der Waals surface area contributed by atoms with Gasteiger partial charge in [-0.2, -0.15) is 0 Å². The number of aliphatic hydroxyl groups excluding tert-OH is 3. The summed E-state index contributed by atoms with van der Waals surface area (Å²) in [5, 5.41) is 44.0. The van der Waals surface area contributed by atoms with Crippen LogP contribution in [-0.4, -0.2) is 50.7 Å². The minimum Gasteiger partial charge on any atom is -0.478 e. The summed E-state index contributed by atoms with van der Waals surface area (Å²) in [7, 11) is 0. The Labute approximate surface area is 295 Å². The lowest BCUT2D eigenvalue weighted by molar-refractivity contribution is -0.132. The van der Waals surface area contributed by atoms with E-state index in [-0.39, 0.29) is 29.4 Å². The molecule has 0 aliphatic heterocycles. The van der Waals surface area contributed by atoms with Crippen LogP contribution in [0.2, 0.25) is 0 Å². The van der Waals surface area contributed by atoms with Crippen molar-refractivity contribution in [2.75, 3.05) is 0 Å². The molecule has 1 aromatic carbocycles. The molecule has 0 radical (unpaired) electrons. The third-order valence-corrected chi connectivity index (χ3v) is 8.29. The molecule has 49 heavy (non-hydrogen) atoms. The van der Waals surface area contributed by atoms with Gasteiger partial charge in [-0.3, -0.25) is 0 Å². The third-order valence-electron chi connectivity index (χ3n) is 8.29. The minimum absolute atomic E-state index is 0.0992. The average Bonchev–Trinajstić information content (AvgIpc) is 3.10. The number of hydrogen-bond acceptors (Lipinski definition) is 5. The van der Waals surface area contributed by atoms with Gasteiger partial charge in [0, 0.05) is 30.0 Å². The van der Waals surface area contributed by atoms with E-state index in [0.717, 1.165) is 19.4 Å². The molecule has 0 aliphatic carbocycles. The molecule has 1 rings (SSSR count). The van der Waals surface area contributed by atoms with Crippen LogP contribution < -0.4 is 5.32 Å². The van der Waals surface area contributed by atoms with E-state index in [4.69, 9.17) is 5.11 Å². The lowest BCUT2D eigenvalue weighted by Gasteiger charge is -2.25. The maximum atomic E-state index is 10.7. The number of carboxylic acids is 1. The van der Waals surface area contributed by atoms with Crippen LogP contribution in [0.15, 0.2) is 151 Å². The van der Waals surface area contributed by atoms with Crippen molar-refractivity contribution in [2.45, 2.75) is 84.8 Å². The van der Waals surface area contributed by atoms with Gasteiger partial charge < -0.3 is 25.7 Å². The zero-order valence-electron chi connectivity index (χ0n) is 29.9. The van der Waals surface area contributed by atoms with E-state index in [1.54, 1.807) is 37.3 Å². The Morgan fingerprint density at radius 3 is 1.88 bits per heavy atom. The normalized spacial score (nSPS) is 18.0. The zero-order chi connectivity index (χ0) is 36.3. The fourth-order valence-corrected chi connectivity index (χ4v) is 4.58. The number of benzene rings is 1. The Bertz CT molecular complexity index is 1350. The number of aliphatic carboxylic acids is 1. The summed E-state index contributed by atoms with van der Waals surface area (Å²) in [6, 6.07) is 10.5. The zero-order valence-corrected chi connectivity index (χ0v) is 29.9. The third kappa shape index (κ3) is 20.8. The number of allylic oxidation sites excluding steroid dienone is 16. The summed E-state index contributed by atoms with van der Waals surface area (Å²) in [6.07, 6.45) is 36.0. The summed E-state index contributed by atoms with van der Waals surface area (Å²) in [6.45, 7) is 10.3. The van der Waals surface area contributed by atoms with Crippen LogP contribution in [0, 0.1) is 17.8 Å². The van der Waals surface area contributed by atoms with Crippen LogP contribution in [0.4, 0.5) is 0 Å². The molecule has 6 nitrogen and oxygen atoms in total. The number of nitrogens with one attached hydrogen (secondary N) is 1. The molecule has 7 atom stereocenters. The fraction of sp³-hybridized carbons (Fsp3) is 0.372. The van der Waals surface area contributed by atoms with Crippen molar-refractivity contribution in [3.8, 4) is 0 Å². The molecule has 7 unspecified atom stereocenters. The van der Waals surface area contributed by atoms with E-state index < -0.39 is 24.3 Å². The summed E-state index contributed by atoms with van der Waals surface area (Å²) < 4.78 is 0. The second-order valence-corrected chi connectivity index (χ2v) is 12.3. The maximum Gasteiger partial charge on any atom is 0.331 e. The van der Waals surface area contributed by atoms with Crippen molar-refractivity contribution >= 4 is 5.97 Å². The maximum absolute atomic E-state index is 10.7. The Morgan fingerprint density at radius 1 is 0.694 bits per heavy atom. The van der Waals surface area contributed by atoms with E-state index in [2.05, 4.69) is 31.3 Å². The van der Waals surface area contributed by atoms with Gasteiger partial charge in [-0.15, -0.1) is 0 Å². The molecule has 0 aliphatic rings. The van der Waals surface area contributed by atoms with Gasteiger partial charge in [0.05, 0.1) is 18.3 Å². The first kappa shape index (κ1) is 43.0. The molecule has 0 amide bonds. The highest BCUT2D eigenvalue weighted by molar-refractivity contribution is 5.86. The molecule has 0 bridgehead atoms. The predicted molar refractivity (Wildman–Crippen MR) is 206 cm³/mol. The van der Waals surface area contributed by atoms with Crippen molar-refractivity contribution in [3.63, 3.8) is 0 Å². The number of aliphatic hydroxyl groups is 3. The number of hydrogen-bond donors (Lipinski definition) is 5. The summed E-state index contributed by atoms with van der Waals surface area (Å²) in [5.41, 5.74) is 1.52. The monoisotopic (exact) mass is 669 g/mol. The average molecular weight is 670 g/mol. The first-order chi connectivity index (χ1) is 23.5. The topological polar surface area (TPSA) is 110 Å². The molecule has 0 fully saturated rings. The van der Waals surface area contributed by atoms with Gasteiger partial charge >= 0.3 is 5.97 Å². The van der Waals surface area contributed by atoms with Crippen LogP contribution in [0.5, 0.6) is 0 Å². The Hall–Kier alpha value is -4.07. The molecule has 5 N–H and O–H groups in total. The standard InChI is InChI=1S/C43H59NO5/c1-34(27-21-16-12-11-13-17-22-28-35(2)43(48)49)42(47)37(4)41(46)32-26-19-15-10-8-6-7-9-14-18-25-31-40(45)36(3)38(5)44-33-39-29-23-20-24-30-39/h6-11,13-15,17-30,32,34,36-38,40-42,44-47H,12,16,31,33H2,1-5H3,(H,48,49). The lowest BCUT2D eigenvalue weighted by atomic mass is 9.88. The lowest BCUT2D eigenvalue weighted by Crippen LogP contribution is -2.37. The SMILES string of the molecule is CC(=CC=CC=CCCC=CC(C)C(O)C(C)C(O)C=CC=CC=CC=CC=CC=CCC(O)C(C)C(C)NCc1ccccc1)C(=O)O. The molecule has 0 heterocycles. The van der Waals surface area contributed by atoms with Gasteiger partial charge in [-0.25, -0.2) is 4.79 Å². The van der Waals surface area contributed by atoms with Crippen molar-refractivity contribution in [1.82, 2.24) is 5.32 Å². The number of rotatable bonds is 23. The van der Waals surface area contributed by atoms with Crippen LogP contribution in [0.3, 0.4) is 0 Å². The first-order valence-electron chi connectivity index (χ1n) is 17.3. The van der Waals surface area contributed by atoms with E-state index in [9.17, 15) is 20.1 Å². The smallest absolute Gasteiger partial charge is 0.331 e. The van der Waals surface area contributed by atoms with Crippen LogP contribution in [0.25, 0.3) is 0 Å². The van der Waals surface area contributed by atoms with Crippen LogP contribution in [-0.2, 0) is 11.3 Å². The Kier molecular flexibility index (Phi) is 23.5. The second kappa shape index (κ2) is 26.8. The van der Waals surface area contributed by atoms with Crippen molar-refractivity contribution in [3.05, 3.63) is 157 Å². The Morgan fingerprint density at radius 2 is 1.24 bits per heavy atom. The molecule has 266 valence electrons. The molecule has 0 saturated carbocycles. The van der Waals surface area contributed by atoms with Gasteiger partial charge in [-0.05, 0) is 44.6 Å². The summed E-state index contributed by atoms with van der Waals surface area (Å²) in [4.78, 5) is 10.7. The molecular weight excluding hydrogens is 610 g/mol. The fourth-order valence-electron chi connectivity index (χ4n) is 4.58.